The third-order valence-corrected chi connectivity index (χ3v) is 5.86. The predicted molar refractivity (Wildman–Crippen MR) is 75.6 cm³/mol. The van der Waals surface area contributed by atoms with Gasteiger partial charge in [-0.3, -0.25) is 4.79 Å². The van der Waals surface area contributed by atoms with Crippen molar-refractivity contribution in [2.24, 2.45) is 5.92 Å². The van der Waals surface area contributed by atoms with Crippen LogP contribution in [0.3, 0.4) is 0 Å². The maximum Gasteiger partial charge on any atom is 0.307 e. The molecule has 0 amide bonds. The van der Waals surface area contributed by atoms with E-state index in [0.29, 0.717) is 19.4 Å². The van der Waals surface area contributed by atoms with E-state index in [1.807, 2.05) is 0 Å². The Kier molecular flexibility index (Phi) is 4.59. The Morgan fingerprint density at radius 3 is 2.60 bits per heavy atom. The summed E-state index contributed by atoms with van der Waals surface area (Å²) >= 11 is 11.6. The Hall–Kier alpha value is -0.820. The van der Waals surface area contributed by atoms with Crippen LogP contribution in [0.1, 0.15) is 12.8 Å². The molecule has 1 atom stereocenters. The molecule has 2 rings (SSSR count). The molecule has 0 aromatic heterocycles. The third-order valence-electron chi connectivity index (χ3n) is 3.26. The first kappa shape index (κ1) is 15.6. The van der Waals surface area contributed by atoms with Gasteiger partial charge in [-0.05, 0) is 31.0 Å². The van der Waals surface area contributed by atoms with Gasteiger partial charge in [-0.15, -0.1) is 0 Å². The fourth-order valence-electron chi connectivity index (χ4n) is 2.15. The molecule has 0 bridgehead atoms. The topological polar surface area (TPSA) is 74.7 Å². The maximum absolute atomic E-state index is 12.5. The van der Waals surface area contributed by atoms with Crippen molar-refractivity contribution >= 4 is 39.2 Å². The van der Waals surface area contributed by atoms with Crippen molar-refractivity contribution in [1.82, 2.24) is 4.31 Å². The van der Waals surface area contributed by atoms with Gasteiger partial charge in [0.1, 0.15) is 0 Å². The largest absolute Gasteiger partial charge is 0.481 e. The van der Waals surface area contributed by atoms with Gasteiger partial charge in [-0.25, -0.2) is 8.42 Å². The number of nitrogens with zero attached hydrogens (tertiary/aromatic N) is 1. The van der Waals surface area contributed by atoms with E-state index in [4.69, 9.17) is 28.3 Å². The van der Waals surface area contributed by atoms with Crippen molar-refractivity contribution in [2.75, 3.05) is 13.1 Å². The second-order valence-electron chi connectivity index (χ2n) is 4.62. The molecule has 1 fully saturated rings. The number of carboxylic acid groups (broad SMARTS) is 1. The number of sulfonamides is 1. The van der Waals surface area contributed by atoms with Crippen LogP contribution in [0.5, 0.6) is 0 Å². The molecular formula is C12H13Cl2NO4S. The molecule has 1 aliphatic heterocycles. The summed E-state index contributed by atoms with van der Waals surface area (Å²) < 4.78 is 26.1. The Morgan fingerprint density at radius 2 is 2.00 bits per heavy atom. The van der Waals surface area contributed by atoms with Gasteiger partial charge in [-0.1, -0.05) is 23.2 Å². The second kappa shape index (κ2) is 5.89. The Labute approximate surface area is 127 Å². The van der Waals surface area contributed by atoms with Gasteiger partial charge < -0.3 is 5.11 Å². The lowest BCUT2D eigenvalue weighted by molar-refractivity contribution is -0.142. The maximum atomic E-state index is 12.5. The summed E-state index contributed by atoms with van der Waals surface area (Å²) in [4.78, 5) is 11.0. The zero-order valence-electron chi connectivity index (χ0n) is 10.4. The van der Waals surface area contributed by atoms with Crippen molar-refractivity contribution in [3.05, 3.63) is 28.2 Å². The van der Waals surface area contributed by atoms with Gasteiger partial charge in [0.25, 0.3) is 0 Å². The van der Waals surface area contributed by atoms with Crippen LogP contribution in [0.4, 0.5) is 0 Å². The highest BCUT2D eigenvalue weighted by atomic mass is 35.5. The highest BCUT2D eigenvalue weighted by Gasteiger charge is 2.33. The number of hydrogen-bond acceptors (Lipinski definition) is 3. The molecule has 0 unspecified atom stereocenters. The molecule has 1 heterocycles. The monoisotopic (exact) mass is 337 g/mol. The summed E-state index contributed by atoms with van der Waals surface area (Å²) in [6.07, 6.45) is 1.01. The summed E-state index contributed by atoms with van der Waals surface area (Å²) in [7, 11) is -3.74. The normalized spacial score (nSPS) is 20.8. The molecular weight excluding hydrogens is 325 g/mol. The van der Waals surface area contributed by atoms with E-state index in [9.17, 15) is 13.2 Å². The Morgan fingerprint density at radius 1 is 1.30 bits per heavy atom. The molecule has 1 N–H and O–H groups in total. The lowest BCUT2D eigenvalue weighted by Gasteiger charge is -2.29. The molecule has 1 aromatic rings. The molecule has 0 aliphatic carbocycles. The molecule has 0 radical (unpaired) electrons. The van der Waals surface area contributed by atoms with Gasteiger partial charge >= 0.3 is 5.97 Å². The quantitative estimate of drug-likeness (QED) is 0.919. The zero-order chi connectivity index (χ0) is 14.9. The number of carboxylic acids is 1. The first-order valence-electron chi connectivity index (χ1n) is 6.00. The minimum absolute atomic E-state index is 0.0160. The smallest absolute Gasteiger partial charge is 0.307 e. The van der Waals surface area contributed by atoms with Crippen molar-refractivity contribution in [2.45, 2.75) is 17.7 Å². The number of rotatable bonds is 3. The molecule has 1 aromatic carbocycles. The van der Waals surface area contributed by atoms with Gasteiger partial charge in [-0.2, -0.15) is 4.31 Å². The van der Waals surface area contributed by atoms with Gasteiger partial charge in [0.05, 0.1) is 20.9 Å². The van der Waals surface area contributed by atoms with E-state index in [1.165, 1.54) is 22.5 Å². The molecule has 0 saturated carbocycles. The average molecular weight is 338 g/mol. The lowest BCUT2D eigenvalue weighted by atomic mass is 10.0. The van der Waals surface area contributed by atoms with Crippen LogP contribution in [0.2, 0.25) is 10.0 Å². The minimum atomic E-state index is -3.74. The summed E-state index contributed by atoms with van der Waals surface area (Å²) in [6, 6.07) is 4.06. The highest BCUT2D eigenvalue weighted by Crippen LogP contribution is 2.28. The number of halogens is 2. The lowest BCUT2D eigenvalue weighted by Crippen LogP contribution is -2.42. The number of carbonyl (C=O) groups is 1. The van der Waals surface area contributed by atoms with Gasteiger partial charge in [0, 0.05) is 13.1 Å². The number of piperidine rings is 1. The summed E-state index contributed by atoms with van der Waals surface area (Å²) in [5, 5.41) is 9.44. The van der Waals surface area contributed by atoms with Gasteiger partial charge in [0.2, 0.25) is 10.0 Å². The van der Waals surface area contributed by atoms with Crippen molar-refractivity contribution in [1.29, 1.82) is 0 Å². The first-order valence-corrected chi connectivity index (χ1v) is 8.20. The van der Waals surface area contributed by atoms with Crippen molar-refractivity contribution < 1.29 is 18.3 Å². The van der Waals surface area contributed by atoms with Crippen molar-refractivity contribution in [3.8, 4) is 0 Å². The number of aliphatic carboxylic acids is 1. The SMILES string of the molecule is O=C(O)[C@@H]1CCCN(S(=O)(=O)c2ccc(Cl)c(Cl)c2)C1. The van der Waals surface area contributed by atoms with E-state index in [2.05, 4.69) is 0 Å². The zero-order valence-corrected chi connectivity index (χ0v) is 12.7. The third kappa shape index (κ3) is 3.09. The van der Waals surface area contributed by atoms with Crippen molar-refractivity contribution in [3.63, 3.8) is 0 Å². The standard InChI is InChI=1S/C12H13Cl2NO4S/c13-10-4-3-9(6-11(10)14)20(18,19)15-5-1-2-8(7-15)12(16)17/h3-4,6,8H,1-2,5,7H2,(H,16,17)/t8-/m1/s1. The first-order chi connectivity index (χ1) is 9.32. The molecule has 0 spiro atoms. The summed E-state index contributed by atoms with van der Waals surface area (Å²) in [6.45, 7) is 0.296. The highest BCUT2D eigenvalue weighted by molar-refractivity contribution is 7.89. The van der Waals surface area contributed by atoms with E-state index >= 15 is 0 Å². The second-order valence-corrected chi connectivity index (χ2v) is 7.37. The fraction of sp³-hybridized carbons (Fsp3) is 0.417. The Bertz CT molecular complexity index is 632. The molecule has 20 heavy (non-hydrogen) atoms. The molecule has 110 valence electrons. The van der Waals surface area contributed by atoms with E-state index in [1.54, 1.807) is 0 Å². The van der Waals surface area contributed by atoms with Crippen LogP contribution >= 0.6 is 23.2 Å². The van der Waals surface area contributed by atoms with Crippen LogP contribution < -0.4 is 0 Å². The summed E-state index contributed by atoms with van der Waals surface area (Å²) in [5.74, 6) is -1.64. The van der Waals surface area contributed by atoms with E-state index < -0.39 is 21.9 Å². The van der Waals surface area contributed by atoms with E-state index in [0.717, 1.165) is 0 Å². The Balaban J connectivity index is 2.29. The van der Waals surface area contributed by atoms with Gasteiger partial charge in [0.15, 0.2) is 0 Å². The average Bonchev–Trinajstić information content (AvgIpc) is 2.42. The van der Waals surface area contributed by atoms with Crippen LogP contribution in [0.15, 0.2) is 23.1 Å². The fourth-order valence-corrected chi connectivity index (χ4v) is 4.06. The van der Waals surface area contributed by atoms with E-state index in [-0.39, 0.29) is 21.5 Å². The molecule has 1 saturated heterocycles. The molecule has 5 nitrogen and oxygen atoms in total. The minimum Gasteiger partial charge on any atom is -0.481 e. The van der Waals surface area contributed by atoms with Crippen LogP contribution in [0.25, 0.3) is 0 Å². The molecule has 8 heteroatoms. The number of benzene rings is 1. The molecule has 1 aliphatic rings. The number of hydrogen-bond donors (Lipinski definition) is 1. The van der Waals surface area contributed by atoms with Crippen LogP contribution in [-0.2, 0) is 14.8 Å². The predicted octanol–water partition coefficient (Wildman–Crippen LogP) is 2.48. The summed E-state index contributed by atoms with van der Waals surface area (Å²) in [5.41, 5.74) is 0. The van der Waals surface area contributed by atoms with Crippen LogP contribution in [0, 0.1) is 5.92 Å². The van der Waals surface area contributed by atoms with Crippen LogP contribution in [-0.4, -0.2) is 36.9 Å².